The number of likely N-dealkylation sites (tertiary alicyclic amines) is 1. The minimum Gasteiger partial charge on any atom is -0.362 e. The van der Waals surface area contributed by atoms with E-state index in [0.717, 1.165) is 12.8 Å². The number of hydrogen-bond acceptors (Lipinski definition) is 5. The highest BCUT2D eigenvalue weighted by Crippen LogP contribution is 2.29. The van der Waals surface area contributed by atoms with Crippen molar-refractivity contribution in [1.29, 1.82) is 0 Å². The number of amides is 2. The molecule has 8 nitrogen and oxygen atoms in total. The van der Waals surface area contributed by atoms with Crippen molar-refractivity contribution >= 4 is 23.2 Å². The van der Waals surface area contributed by atoms with Crippen molar-refractivity contribution in [2.24, 2.45) is 5.92 Å². The van der Waals surface area contributed by atoms with Crippen LogP contribution in [-0.2, 0) is 4.79 Å². The molecule has 2 aliphatic heterocycles. The molecule has 2 aromatic carbocycles. The monoisotopic (exact) mass is 440 g/mol. The minimum absolute atomic E-state index is 0.0174. The summed E-state index contributed by atoms with van der Waals surface area (Å²) in [6.45, 7) is 2.91. The lowest BCUT2D eigenvalue weighted by Crippen LogP contribution is -2.53. The Morgan fingerprint density at radius 2 is 1.62 bits per heavy atom. The first-order valence-electron chi connectivity index (χ1n) is 10.8. The normalized spacial score (nSPS) is 19.0. The lowest BCUT2D eigenvalue weighted by atomic mass is 9.95. The van der Waals surface area contributed by atoms with Crippen molar-refractivity contribution in [3.63, 3.8) is 0 Å². The molecule has 2 fully saturated rings. The van der Waals surface area contributed by atoms with E-state index in [-0.39, 0.29) is 28.3 Å². The van der Waals surface area contributed by atoms with Crippen molar-refractivity contribution < 1.29 is 18.9 Å². The smallest absolute Gasteiger partial charge is 0.292 e. The maximum atomic E-state index is 13.2. The lowest BCUT2D eigenvalue weighted by Gasteiger charge is -2.39. The summed E-state index contributed by atoms with van der Waals surface area (Å²) in [5, 5.41) is 11.3. The number of carbonyl (C=O) groups is 2. The van der Waals surface area contributed by atoms with Crippen LogP contribution in [0.4, 0.5) is 15.8 Å². The SMILES string of the molecule is O=C(c1ccc(F)cc1)N1CCCC(C(=O)N2CCN(c3ccccc3[N+](=O)[O-])CC2)C1. The molecule has 2 aliphatic rings. The van der Waals surface area contributed by atoms with Gasteiger partial charge in [0, 0.05) is 50.9 Å². The van der Waals surface area contributed by atoms with Gasteiger partial charge in [-0.25, -0.2) is 4.39 Å². The molecule has 2 saturated heterocycles. The fourth-order valence-electron chi connectivity index (χ4n) is 4.45. The third-order valence-electron chi connectivity index (χ3n) is 6.16. The van der Waals surface area contributed by atoms with E-state index in [4.69, 9.17) is 0 Å². The van der Waals surface area contributed by atoms with Crippen molar-refractivity contribution in [1.82, 2.24) is 9.80 Å². The molecule has 0 bridgehead atoms. The second-order valence-electron chi connectivity index (χ2n) is 8.16. The Bertz CT molecular complexity index is 1010. The van der Waals surface area contributed by atoms with E-state index in [2.05, 4.69) is 0 Å². The maximum Gasteiger partial charge on any atom is 0.292 e. The van der Waals surface area contributed by atoms with Crippen molar-refractivity contribution in [3.05, 3.63) is 70.0 Å². The van der Waals surface area contributed by atoms with Gasteiger partial charge >= 0.3 is 0 Å². The number of carbonyl (C=O) groups excluding carboxylic acids is 2. The van der Waals surface area contributed by atoms with Crippen molar-refractivity contribution in [2.45, 2.75) is 12.8 Å². The molecule has 0 spiro atoms. The molecule has 0 aliphatic carbocycles. The molecule has 32 heavy (non-hydrogen) atoms. The van der Waals surface area contributed by atoms with Crippen LogP contribution in [0.3, 0.4) is 0 Å². The Hall–Kier alpha value is -3.49. The van der Waals surface area contributed by atoms with Crippen LogP contribution in [0.1, 0.15) is 23.2 Å². The molecule has 0 aromatic heterocycles. The van der Waals surface area contributed by atoms with Gasteiger partial charge in [-0.2, -0.15) is 0 Å². The van der Waals surface area contributed by atoms with Gasteiger partial charge in [0.25, 0.3) is 11.6 Å². The van der Waals surface area contributed by atoms with E-state index in [9.17, 15) is 24.1 Å². The first-order chi connectivity index (χ1) is 15.4. The number of piperidine rings is 1. The number of nitro groups is 1. The van der Waals surface area contributed by atoms with Gasteiger partial charge in [-0.3, -0.25) is 19.7 Å². The highest BCUT2D eigenvalue weighted by atomic mass is 19.1. The van der Waals surface area contributed by atoms with Crippen LogP contribution in [-0.4, -0.2) is 65.8 Å². The number of nitrogens with zero attached hydrogens (tertiary/aromatic N) is 4. The summed E-state index contributed by atoms with van der Waals surface area (Å²) in [5.41, 5.74) is 1.05. The fourth-order valence-corrected chi connectivity index (χ4v) is 4.45. The van der Waals surface area contributed by atoms with Crippen LogP contribution >= 0.6 is 0 Å². The number of piperazine rings is 1. The number of rotatable bonds is 4. The van der Waals surface area contributed by atoms with Gasteiger partial charge in [-0.05, 0) is 43.2 Å². The van der Waals surface area contributed by atoms with Gasteiger partial charge < -0.3 is 14.7 Å². The zero-order valence-electron chi connectivity index (χ0n) is 17.7. The van der Waals surface area contributed by atoms with Gasteiger partial charge in [0.15, 0.2) is 0 Å². The summed E-state index contributed by atoms with van der Waals surface area (Å²) in [7, 11) is 0. The summed E-state index contributed by atoms with van der Waals surface area (Å²) in [6, 6.07) is 12.1. The van der Waals surface area contributed by atoms with Crippen LogP contribution < -0.4 is 4.90 Å². The lowest BCUT2D eigenvalue weighted by molar-refractivity contribution is -0.384. The van der Waals surface area contributed by atoms with Crippen LogP contribution in [0, 0.1) is 21.8 Å². The zero-order valence-corrected chi connectivity index (χ0v) is 17.7. The predicted octanol–water partition coefficient (Wildman–Crippen LogP) is 2.93. The number of halogens is 1. The van der Waals surface area contributed by atoms with Crippen molar-refractivity contribution in [2.75, 3.05) is 44.2 Å². The van der Waals surface area contributed by atoms with Gasteiger partial charge in [-0.1, -0.05) is 12.1 Å². The summed E-state index contributed by atoms with van der Waals surface area (Å²) in [5.74, 6) is -0.841. The highest BCUT2D eigenvalue weighted by Gasteiger charge is 2.33. The summed E-state index contributed by atoms with van der Waals surface area (Å²) >= 11 is 0. The molecule has 168 valence electrons. The molecular weight excluding hydrogens is 415 g/mol. The summed E-state index contributed by atoms with van der Waals surface area (Å²) in [6.07, 6.45) is 1.45. The average Bonchev–Trinajstić information content (AvgIpc) is 2.84. The van der Waals surface area contributed by atoms with Gasteiger partial charge in [0.2, 0.25) is 5.91 Å². The second kappa shape index (κ2) is 9.33. The van der Waals surface area contributed by atoms with E-state index in [1.165, 1.54) is 30.3 Å². The molecule has 2 heterocycles. The van der Waals surface area contributed by atoms with Crippen LogP contribution in [0.5, 0.6) is 0 Å². The van der Waals surface area contributed by atoms with Gasteiger partial charge in [0.1, 0.15) is 11.5 Å². The van der Waals surface area contributed by atoms with Crippen LogP contribution in [0.15, 0.2) is 48.5 Å². The Morgan fingerprint density at radius 1 is 0.938 bits per heavy atom. The zero-order chi connectivity index (χ0) is 22.7. The standard InChI is InChI=1S/C23H25FN4O4/c24-19-9-7-17(8-10-19)22(29)27-11-3-4-18(16-27)23(30)26-14-12-25(13-15-26)20-5-1-2-6-21(20)28(31)32/h1-2,5-10,18H,3-4,11-16H2. The first kappa shape index (κ1) is 21.7. The maximum absolute atomic E-state index is 13.2. The minimum atomic E-state index is -0.395. The van der Waals surface area contributed by atoms with Gasteiger partial charge in [0.05, 0.1) is 10.8 Å². The Morgan fingerprint density at radius 3 is 2.31 bits per heavy atom. The first-order valence-corrected chi connectivity index (χ1v) is 10.8. The highest BCUT2D eigenvalue weighted by molar-refractivity contribution is 5.94. The number of anilines is 1. The third kappa shape index (κ3) is 4.56. The van der Waals surface area contributed by atoms with Crippen molar-refractivity contribution in [3.8, 4) is 0 Å². The van der Waals surface area contributed by atoms with Crippen LogP contribution in [0.25, 0.3) is 0 Å². The van der Waals surface area contributed by atoms with E-state index in [1.807, 2.05) is 4.90 Å². The van der Waals surface area contributed by atoms with E-state index in [1.54, 1.807) is 28.0 Å². The molecular formula is C23H25FN4O4. The fraction of sp³-hybridized carbons (Fsp3) is 0.391. The topological polar surface area (TPSA) is 87.0 Å². The molecule has 2 amide bonds. The summed E-state index contributed by atoms with van der Waals surface area (Å²) in [4.78, 5) is 42.2. The Kier molecular flexibility index (Phi) is 6.34. The number of nitro benzene ring substituents is 1. The molecule has 1 atom stereocenters. The predicted molar refractivity (Wildman–Crippen MR) is 117 cm³/mol. The number of hydrogen-bond donors (Lipinski definition) is 0. The van der Waals surface area contributed by atoms with Crippen LogP contribution in [0.2, 0.25) is 0 Å². The second-order valence-corrected chi connectivity index (χ2v) is 8.16. The number of benzene rings is 2. The Labute approximate surface area is 185 Å². The third-order valence-corrected chi connectivity index (χ3v) is 6.16. The molecule has 0 N–H and O–H groups in total. The molecule has 4 rings (SSSR count). The molecule has 9 heteroatoms. The van der Waals surface area contributed by atoms with E-state index in [0.29, 0.717) is 50.5 Å². The Balaban J connectivity index is 1.36. The number of para-hydroxylation sites is 2. The molecule has 0 saturated carbocycles. The molecule has 0 radical (unpaired) electrons. The molecule has 1 unspecified atom stereocenters. The largest absolute Gasteiger partial charge is 0.362 e. The summed E-state index contributed by atoms with van der Waals surface area (Å²) < 4.78 is 13.2. The average molecular weight is 440 g/mol. The molecule has 2 aromatic rings. The van der Waals surface area contributed by atoms with E-state index >= 15 is 0 Å². The van der Waals surface area contributed by atoms with E-state index < -0.39 is 5.82 Å². The quantitative estimate of drug-likeness (QED) is 0.539. The van der Waals surface area contributed by atoms with Gasteiger partial charge in [-0.15, -0.1) is 0 Å².